The SMILES string of the molecule is Nn1c(C2CCCc3ccccc32)n[nH]c1=S. The van der Waals surface area contributed by atoms with Crippen LogP contribution in [0.25, 0.3) is 0 Å². The van der Waals surface area contributed by atoms with Gasteiger partial charge in [0, 0.05) is 5.92 Å². The molecule has 0 bridgehead atoms. The highest BCUT2D eigenvalue weighted by Crippen LogP contribution is 2.35. The average Bonchev–Trinajstić information content (AvgIpc) is 2.69. The Balaban J connectivity index is 2.12. The second-order valence-corrected chi connectivity index (χ2v) is 4.79. The molecule has 4 nitrogen and oxygen atoms in total. The summed E-state index contributed by atoms with van der Waals surface area (Å²) in [6.45, 7) is 0. The smallest absolute Gasteiger partial charge is 0.214 e. The molecule has 1 aromatic carbocycles. The maximum atomic E-state index is 5.91. The number of H-pyrrole nitrogens is 1. The Bertz CT molecular complexity index is 599. The molecule has 0 saturated heterocycles. The van der Waals surface area contributed by atoms with Crippen molar-refractivity contribution < 1.29 is 0 Å². The van der Waals surface area contributed by atoms with Crippen LogP contribution in [0, 0.1) is 4.77 Å². The van der Waals surface area contributed by atoms with Crippen molar-refractivity contribution in [2.45, 2.75) is 25.2 Å². The number of aryl methyl sites for hydroxylation is 1. The lowest BCUT2D eigenvalue weighted by Crippen LogP contribution is -2.20. The van der Waals surface area contributed by atoms with Crippen molar-refractivity contribution in [1.82, 2.24) is 14.9 Å². The van der Waals surface area contributed by atoms with Crippen molar-refractivity contribution in [3.8, 4) is 0 Å². The number of benzene rings is 1. The molecule has 1 aliphatic carbocycles. The molecule has 0 aliphatic heterocycles. The van der Waals surface area contributed by atoms with Gasteiger partial charge in [0.25, 0.3) is 0 Å². The zero-order valence-electron chi connectivity index (χ0n) is 9.39. The molecular weight excluding hydrogens is 232 g/mol. The molecule has 2 aromatic rings. The fourth-order valence-corrected chi connectivity index (χ4v) is 2.72. The molecular formula is C12H14N4S. The minimum atomic E-state index is 0.262. The normalized spacial score (nSPS) is 18.9. The van der Waals surface area contributed by atoms with E-state index in [1.54, 1.807) is 0 Å². The highest BCUT2D eigenvalue weighted by molar-refractivity contribution is 7.71. The molecule has 0 spiro atoms. The minimum Gasteiger partial charge on any atom is -0.335 e. The lowest BCUT2D eigenvalue weighted by molar-refractivity contribution is 0.577. The predicted octanol–water partition coefficient (Wildman–Crippen LogP) is 2.12. The largest absolute Gasteiger partial charge is 0.335 e. The first-order valence-electron chi connectivity index (χ1n) is 5.77. The Labute approximate surface area is 104 Å². The first-order valence-corrected chi connectivity index (χ1v) is 6.18. The number of fused-ring (bicyclic) bond motifs is 1. The van der Waals surface area contributed by atoms with Crippen LogP contribution in [0.15, 0.2) is 24.3 Å². The van der Waals surface area contributed by atoms with Gasteiger partial charge in [-0.1, -0.05) is 24.3 Å². The van der Waals surface area contributed by atoms with E-state index in [4.69, 9.17) is 18.1 Å². The van der Waals surface area contributed by atoms with E-state index >= 15 is 0 Å². The van der Waals surface area contributed by atoms with Gasteiger partial charge in [-0.3, -0.25) is 5.10 Å². The number of rotatable bonds is 1. The number of aromatic amines is 1. The monoisotopic (exact) mass is 246 g/mol. The number of nitrogen functional groups attached to an aromatic ring is 1. The molecule has 1 aromatic heterocycles. The van der Waals surface area contributed by atoms with Gasteiger partial charge in [0.1, 0.15) is 0 Å². The fraction of sp³-hybridized carbons (Fsp3) is 0.333. The van der Waals surface area contributed by atoms with E-state index in [-0.39, 0.29) is 5.92 Å². The zero-order valence-corrected chi connectivity index (χ0v) is 10.2. The summed E-state index contributed by atoms with van der Waals surface area (Å²) in [7, 11) is 0. The number of nitrogens with one attached hydrogen (secondary N) is 1. The van der Waals surface area contributed by atoms with E-state index in [2.05, 4.69) is 34.5 Å². The summed E-state index contributed by atoms with van der Waals surface area (Å²) in [6, 6.07) is 8.50. The van der Waals surface area contributed by atoms with Crippen LogP contribution in [0.3, 0.4) is 0 Å². The third-order valence-corrected chi connectivity index (χ3v) is 3.70. The molecule has 1 heterocycles. The van der Waals surface area contributed by atoms with Crippen LogP contribution in [-0.4, -0.2) is 14.9 Å². The second-order valence-electron chi connectivity index (χ2n) is 4.40. The Morgan fingerprint density at radius 3 is 3.00 bits per heavy atom. The summed E-state index contributed by atoms with van der Waals surface area (Å²) in [5.41, 5.74) is 2.73. The summed E-state index contributed by atoms with van der Waals surface area (Å²) < 4.78 is 1.96. The molecule has 3 rings (SSSR count). The summed E-state index contributed by atoms with van der Waals surface area (Å²) in [5.74, 6) is 7.01. The van der Waals surface area contributed by atoms with E-state index in [1.165, 1.54) is 22.2 Å². The number of nitrogens with two attached hydrogens (primary N) is 1. The Morgan fingerprint density at radius 1 is 1.41 bits per heavy atom. The molecule has 0 saturated carbocycles. The van der Waals surface area contributed by atoms with Gasteiger partial charge in [-0.05, 0) is 42.6 Å². The molecule has 0 amide bonds. The molecule has 5 heteroatoms. The topological polar surface area (TPSA) is 59.6 Å². The molecule has 1 atom stereocenters. The van der Waals surface area contributed by atoms with Crippen molar-refractivity contribution in [1.29, 1.82) is 0 Å². The van der Waals surface area contributed by atoms with Gasteiger partial charge < -0.3 is 5.84 Å². The number of hydrogen-bond donors (Lipinski definition) is 2. The average molecular weight is 246 g/mol. The highest BCUT2D eigenvalue weighted by atomic mass is 32.1. The first kappa shape index (κ1) is 10.5. The van der Waals surface area contributed by atoms with Crippen LogP contribution >= 0.6 is 12.2 Å². The Morgan fingerprint density at radius 2 is 2.24 bits per heavy atom. The zero-order chi connectivity index (χ0) is 11.8. The van der Waals surface area contributed by atoms with Gasteiger partial charge in [-0.15, -0.1) is 0 Å². The predicted molar refractivity (Wildman–Crippen MR) is 68.8 cm³/mol. The van der Waals surface area contributed by atoms with Crippen LogP contribution in [0.5, 0.6) is 0 Å². The molecule has 17 heavy (non-hydrogen) atoms. The summed E-state index contributed by atoms with van der Waals surface area (Å²) >= 11 is 5.06. The minimum absolute atomic E-state index is 0.262. The number of hydrogen-bond acceptors (Lipinski definition) is 3. The first-order chi connectivity index (χ1) is 8.27. The Hall–Kier alpha value is -1.62. The van der Waals surface area contributed by atoms with Crippen molar-refractivity contribution in [2.24, 2.45) is 0 Å². The maximum absolute atomic E-state index is 5.91. The van der Waals surface area contributed by atoms with E-state index in [9.17, 15) is 0 Å². The third kappa shape index (κ3) is 1.67. The molecule has 1 unspecified atom stereocenters. The molecule has 88 valence electrons. The number of aromatic nitrogens is 3. The highest BCUT2D eigenvalue weighted by Gasteiger charge is 2.25. The van der Waals surface area contributed by atoms with Gasteiger partial charge in [0.2, 0.25) is 4.77 Å². The van der Waals surface area contributed by atoms with Crippen LogP contribution in [-0.2, 0) is 6.42 Å². The van der Waals surface area contributed by atoms with Crippen LogP contribution in [0.1, 0.15) is 35.7 Å². The summed E-state index contributed by atoms with van der Waals surface area (Å²) in [6.07, 6.45) is 3.39. The van der Waals surface area contributed by atoms with E-state index in [0.29, 0.717) is 4.77 Å². The molecule has 0 radical (unpaired) electrons. The number of nitrogens with zero attached hydrogens (tertiary/aromatic N) is 2. The van der Waals surface area contributed by atoms with E-state index in [0.717, 1.165) is 18.7 Å². The van der Waals surface area contributed by atoms with Crippen LogP contribution in [0.4, 0.5) is 0 Å². The van der Waals surface area contributed by atoms with Crippen molar-refractivity contribution in [2.75, 3.05) is 5.84 Å². The summed E-state index contributed by atoms with van der Waals surface area (Å²) in [5, 5.41) is 7.01. The van der Waals surface area contributed by atoms with Crippen molar-refractivity contribution in [3.05, 3.63) is 46.0 Å². The van der Waals surface area contributed by atoms with Gasteiger partial charge in [-0.2, -0.15) is 5.10 Å². The third-order valence-electron chi connectivity index (χ3n) is 3.41. The quantitative estimate of drug-likeness (QED) is 0.598. The van der Waals surface area contributed by atoms with Gasteiger partial charge >= 0.3 is 0 Å². The fourth-order valence-electron chi connectivity index (χ4n) is 2.58. The second kappa shape index (κ2) is 4.00. The van der Waals surface area contributed by atoms with Gasteiger partial charge in [0.15, 0.2) is 5.82 Å². The van der Waals surface area contributed by atoms with Gasteiger partial charge in [0.05, 0.1) is 0 Å². The lowest BCUT2D eigenvalue weighted by Gasteiger charge is -2.24. The molecule has 0 fully saturated rings. The van der Waals surface area contributed by atoms with Crippen LogP contribution < -0.4 is 5.84 Å². The van der Waals surface area contributed by atoms with Gasteiger partial charge in [-0.25, -0.2) is 4.68 Å². The maximum Gasteiger partial charge on any atom is 0.214 e. The van der Waals surface area contributed by atoms with E-state index in [1.807, 2.05) is 0 Å². The van der Waals surface area contributed by atoms with Crippen molar-refractivity contribution in [3.63, 3.8) is 0 Å². The van der Waals surface area contributed by atoms with E-state index < -0.39 is 0 Å². The molecule has 1 aliphatic rings. The Kier molecular flexibility index (Phi) is 2.48. The van der Waals surface area contributed by atoms with Crippen molar-refractivity contribution >= 4 is 12.2 Å². The van der Waals surface area contributed by atoms with Crippen LogP contribution in [0.2, 0.25) is 0 Å². The molecule has 3 N–H and O–H groups in total. The standard InChI is InChI=1S/C12H14N4S/c13-16-11(14-15-12(16)17)10-7-3-5-8-4-1-2-6-9(8)10/h1-2,4,6,10H,3,5,7,13H2,(H,15,17). The lowest BCUT2D eigenvalue weighted by atomic mass is 9.82. The summed E-state index contributed by atoms with van der Waals surface area (Å²) in [4.78, 5) is 0.